The largest absolute Gasteiger partial charge is 0.504 e. The molecule has 52 heteroatoms. The number of cyclic esters (lactones) is 2. The van der Waals surface area contributed by atoms with Crippen LogP contribution in [0, 0.1) is 0 Å². The highest BCUT2D eigenvalue weighted by Gasteiger charge is 2.59. The Hall–Kier alpha value is -19.2. The zero-order valence-electron chi connectivity index (χ0n) is 65.4. The quantitative estimate of drug-likeness (QED) is 0.0641. The maximum Gasteiger partial charge on any atom is 0.343 e. The molecule has 29 N–H and O–H groups in total. The molecule has 52 nitrogen and oxygen atoms in total. The summed E-state index contributed by atoms with van der Waals surface area (Å²) in [5, 5.41) is 324. The van der Waals surface area contributed by atoms with Gasteiger partial charge in [-0.25, -0.2) is 47.9 Å². The van der Waals surface area contributed by atoms with E-state index < -0.39 is 413 Å². The molecule has 0 aromatic heterocycles. The lowest BCUT2D eigenvalue weighted by molar-refractivity contribution is -0.283. The Morgan fingerprint density at radius 1 is 0.231 bits per heavy atom. The van der Waals surface area contributed by atoms with Crippen LogP contribution in [0.3, 0.4) is 0 Å². The van der Waals surface area contributed by atoms with Gasteiger partial charge in [-0.1, -0.05) is 0 Å². The zero-order valence-corrected chi connectivity index (χ0v) is 65.4. The van der Waals surface area contributed by atoms with Crippen molar-refractivity contribution >= 4 is 59.7 Å². The molecule has 10 aromatic carbocycles. The van der Waals surface area contributed by atoms with E-state index in [0.717, 1.165) is 0 Å². The molecule has 0 saturated carbocycles. The van der Waals surface area contributed by atoms with E-state index in [1.165, 1.54) is 0 Å². The van der Waals surface area contributed by atoms with E-state index in [9.17, 15) is 162 Å². The maximum absolute atomic E-state index is 16.1. The number of carbonyl (C=O) groups is 10. The molecule has 10 atom stereocenters. The lowest BCUT2D eigenvalue weighted by atomic mass is 9.90. The van der Waals surface area contributed by atoms with Gasteiger partial charge >= 0.3 is 59.7 Å². The molecule has 0 unspecified atom stereocenters. The fraction of sp³-hybridized carbons (Fsp3) is 0.146. The predicted molar refractivity (Wildman–Crippen MR) is 413 cm³/mol. The SMILES string of the molecule is O=C(O[C@@H]1O[C@H]2COC(=O)c3cc(O)c(O)c(O)c3-c3c(O)c(O)c(O)c(Oc4cc(C(=O)O[C@H]5O[C@H]6COC(=O)c7cc(O)c(O)c(O)c7-c7c(cc(O)c(O)c7O)C(=O)O[C@H]6[C@@H]6OC(=O)c7cc(O)c(O)c(O)c7-c7c(cc(O)c(O)c7O)C(=O)O[C@H]56)cc(O)c4O)c3C(=O)O[C@H]2[C@@H]2OC(=O)c3cc(O)c(O)c(O)c3-c3c(cc(O)c(O)c3O)C(=O)O[C@H]12)c1cc(O)c(O)c(O)c1. The number of phenols is 29. The van der Waals surface area contributed by atoms with Gasteiger partial charge in [-0.2, -0.15) is 0 Å². The van der Waals surface area contributed by atoms with Gasteiger partial charge in [0.25, 0.3) is 0 Å². The molecular weight excluding hydrogens is 1820 g/mol. The molecule has 2 saturated heterocycles. The Bertz CT molecular complexity index is 6960. The first-order valence-corrected chi connectivity index (χ1v) is 37.2. The Balaban J connectivity index is 0.849. The maximum atomic E-state index is 16.1. The number of esters is 10. The number of hydrogen-bond acceptors (Lipinski definition) is 52. The van der Waals surface area contributed by atoms with Crippen LogP contribution in [0.2, 0.25) is 0 Å². The number of ether oxygens (including phenoxy) is 13. The Morgan fingerprint density at radius 3 is 0.776 bits per heavy atom. The summed E-state index contributed by atoms with van der Waals surface area (Å²) in [6.07, 6.45) is -28.7. The molecule has 16 rings (SSSR count). The lowest BCUT2D eigenvalue weighted by Gasteiger charge is -2.44. The number of fused-ring (bicyclic) bond motifs is 18. The Labute approximate surface area is 734 Å². The standard InChI is InChI=1S/C82H54O52/c83-23-1-14(2-24(84)45(23)93)71(112)133-81-70-68(130-77(118)20-9-30(90)50(98)57(105)39(20)41-22(79(120)132-70)11-32(92)52(100)59(41)107)65-35(126-81)13-123-74(115)17-6-27(87)53(101)60(108)42(17)43-44(80(121)128-65)66(63(111)62(110)61(43)109)124-33-4-15(3-25(85)46(33)94)72(113)134-82-69-67(129-76(117)19-8-29(89)49(97)56(104)38(19)40-21(78(119)131-69)10-31(91)51(99)58(40)106)64-34(125-82)12-122-73(114)16-5-26(86)47(95)54(102)36(16)37-18(75(116)127-64)7-28(88)48(96)55(37)103/h1-11,34-35,64-65,67-70,81-111H,12-13H2/t34-,35-,64+,65+,67-,68-,69-,70-,81-,82+/m0/s1. The number of hydrogen-bond donors (Lipinski definition) is 29. The topological polar surface area (TPSA) is 877 Å². The van der Waals surface area contributed by atoms with Gasteiger partial charge in [0.1, 0.15) is 31.0 Å². The zero-order chi connectivity index (χ0) is 97.2. The molecule has 2 fully saturated rings. The molecule has 0 aliphatic carbocycles. The van der Waals surface area contributed by atoms with Crippen LogP contribution >= 0.6 is 0 Å². The minimum atomic E-state index is -3.05. The molecule has 0 spiro atoms. The summed E-state index contributed by atoms with van der Waals surface area (Å²) in [6.45, 7) is -3.19. The van der Waals surface area contributed by atoms with Crippen molar-refractivity contribution in [3.8, 4) is 223 Å². The van der Waals surface area contributed by atoms with Crippen molar-refractivity contribution in [1.82, 2.24) is 0 Å². The first-order chi connectivity index (χ1) is 63.1. The fourth-order valence-electron chi connectivity index (χ4n) is 15.2. The van der Waals surface area contributed by atoms with Crippen molar-refractivity contribution < 1.29 is 258 Å². The van der Waals surface area contributed by atoms with Crippen molar-refractivity contribution in [3.63, 3.8) is 0 Å². The van der Waals surface area contributed by atoms with Crippen molar-refractivity contribution in [1.29, 1.82) is 0 Å². The first-order valence-electron chi connectivity index (χ1n) is 37.2. The lowest BCUT2D eigenvalue weighted by Crippen LogP contribution is -2.63. The summed E-state index contributed by atoms with van der Waals surface area (Å²) in [6, 6.07) is 3.02. The average molecular weight is 1870 g/mol. The van der Waals surface area contributed by atoms with E-state index in [0.29, 0.717) is 18.2 Å². The van der Waals surface area contributed by atoms with Crippen LogP contribution < -0.4 is 4.74 Å². The third kappa shape index (κ3) is 13.9. The van der Waals surface area contributed by atoms with Crippen LogP contribution in [0.5, 0.6) is 178 Å². The smallest absolute Gasteiger partial charge is 0.343 e. The van der Waals surface area contributed by atoms with Gasteiger partial charge in [0, 0.05) is 38.9 Å². The fourth-order valence-corrected chi connectivity index (χ4v) is 15.2. The minimum absolute atomic E-state index is 0.174. The Morgan fingerprint density at radius 2 is 0.470 bits per heavy atom. The number of phenolic OH excluding ortho intramolecular Hbond substituents is 29. The molecule has 694 valence electrons. The monoisotopic (exact) mass is 1870 g/mol. The van der Waals surface area contributed by atoms with Crippen LogP contribution in [0.25, 0.3) is 44.5 Å². The Kier molecular flexibility index (Phi) is 20.9. The molecule has 6 aliphatic rings. The summed E-state index contributed by atoms with van der Waals surface area (Å²) >= 11 is 0. The number of rotatable bonds is 6. The normalized spacial score (nSPS) is 20.1. The summed E-state index contributed by atoms with van der Waals surface area (Å²) < 4.78 is 74.9. The first kappa shape index (κ1) is 88.3. The third-order valence-corrected chi connectivity index (χ3v) is 21.6. The van der Waals surface area contributed by atoms with E-state index in [1.807, 2.05) is 0 Å². The highest BCUT2D eigenvalue weighted by molar-refractivity contribution is 6.14. The summed E-state index contributed by atoms with van der Waals surface area (Å²) in [5.41, 5.74) is -24.4. The molecule has 6 heterocycles. The summed E-state index contributed by atoms with van der Waals surface area (Å²) in [4.78, 5) is 151. The van der Waals surface area contributed by atoms with Crippen LogP contribution in [0.15, 0.2) is 66.7 Å². The molecule has 134 heavy (non-hydrogen) atoms. The van der Waals surface area contributed by atoms with Gasteiger partial charge in [-0.3, -0.25) is 0 Å². The molecule has 0 bridgehead atoms. The van der Waals surface area contributed by atoms with Gasteiger partial charge in [-0.15, -0.1) is 0 Å². The van der Waals surface area contributed by atoms with Gasteiger partial charge in [-0.05, 0) is 66.7 Å². The molecule has 0 radical (unpaired) electrons. The molecular formula is C82H54O52. The molecule has 10 aromatic rings. The van der Waals surface area contributed by atoms with Crippen LogP contribution in [-0.2, 0) is 56.8 Å². The van der Waals surface area contributed by atoms with Gasteiger partial charge in [0.05, 0.1) is 55.6 Å². The summed E-state index contributed by atoms with van der Waals surface area (Å²) in [7, 11) is 0. The van der Waals surface area contributed by atoms with Gasteiger partial charge in [0.2, 0.25) is 82.3 Å². The third-order valence-electron chi connectivity index (χ3n) is 21.6. The highest BCUT2D eigenvalue weighted by atomic mass is 16.8. The molecule has 6 aliphatic heterocycles. The number of aromatic hydroxyl groups is 29. The van der Waals surface area contributed by atoms with Crippen LogP contribution in [-0.4, -0.2) is 282 Å². The van der Waals surface area contributed by atoms with Crippen molar-refractivity contribution in [2.45, 2.75) is 61.4 Å². The van der Waals surface area contributed by atoms with E-state index in [-0.39, 0.29) is 48.5 Å². The van der Waals surface area contributed by atoms with Crippen molar-refractivity contribution in [3.05, 3.63) is 122 Å². The second-order valence-electron chi connectivity index (χ2n) is 29.4. The molecule has 0 amide bonds. The minimum Gasteiger partial charge on any atom is -0.504 e. The van der Waals surface area contributed by atoms with Gasteiger partial charge < -0.3 is 210 Å². The van der Waals surface area contributed by atoms with Crippen LogP contribution in [0.4, 0.5) is 0 Å². The summed E-state index contributed by atoms with van der Waals surface area (Å²) in [5.74, 6) is -70.3. The second kappa shape index (κ2) is 31.7. The van der Waals surface area contributed by atoms with Gasteiger partial charge in [0.15, 0.2) is 145 Å². The van der Waals surface area contributed by atoms with Crippen molar-refractivity contribution in [2.75, 3.05) is 13.2 Å². The average Bonchev–Trinajstić information content (AvgIpc) is 0.792. The van der Waals surface area contributed by atoms with E-state index in [1.54, 1.807) is 0 Å². The number of benzene rings is 10. The van der Waals surface area contributed by atoms with E-state index in [4.69, 9.17) is 61.6 Å². The van der Waals surface area contributed by atoms with Crippen molar-refractivity contribution in [2.24, 2.45) is 0 Å². The number of carbonyl (C=O) groups excluding carboxylic acids is 10. The van der Waals surface area contributed by atoms with E-state index in [2.05, 4.69) is 0 Å². The second-order valence-corrected chi connectivity index (χ2v) is 29.4. The highest BCUT2D eigenvalue weighted by Crippen LogP contribution is 2.62. The van der Waals surface area contributed by atoms with Crippen LogP contribution in [0.1, 0.15) is 104 Å². The van der Waals surface area contributed by atoms with E-state index >= 15 is 33.6 Å². The predicted octanol–water partition coefficient (Wildman–Crippen LogP) is 3.69.